The van der Waals surface area contributed by atoms with Gasteiger partial charge in [-0.05, 0) is 127 Å². The molecule has 4 aliphatic heterocycles. The van der Waals surface area contributed by atoms with E-state index in [1.165, 1.54) is 12.1 Å². The molecule has 14 heteroatoms. The Bertz CT molecular complexity index is 2090. The minimum Gasteiger partial charge on any atom is -0.343 e. The molecule has 2 aromatic heterocycles. The lowest BCUT2D eigenvalue weighted by molar-refractivity contribution is -0.138. The van der Waals surface area contributed by atoms with Crippen molar-refractivity contribution >= 4 is 45.4 Å². The number of benzene rings is 2. The summed E-state index contributed by atoms with van der Waals surface area (Å²) in [5.74, 6) is -1.50. The molecule has 2 fully saturated rings. The van der Waals surface area contributed by atoms with Gasteiger partial charge in [0, 0.05) is 49.0 Å². The van der Waals surface area contributed by atoms with Crippen molar-refractivity contribution in [1.29, 1.82) is 0 Å². The second-order valence-electron chi connectivity index (χ2n) is 16.8. The fourth-order valence-electron chi connectivity index (χ4n) is 10.0. The number of likely N-dealkylation sites (N-methyl/N-ethyl adjacent to an activating group) is 2. The summed E-state index contributed by atoms with van der Waals surface area (Å²) in [5.41, 5.74) is 5.45. The van der Waals surface area contributed by atoms with Gasteiger partial charge >= 0.3 is 0 Å². The molecule has 0 aliphatic carbocycles. The Morgan fingerprint density at radius 1 is 0.621 bits per heavy atom. The SMILES string of the molecule is CN[C@@H](C)C(=O)N[C@H]1CCCC[C@H](NC(=O)[C@H](C)NC)C(=O)N2CCC[C@H]2Cc2c3n(c4cc(F)ccc24)CCn2c-3c(c3ccc(F)cc32)C[C@@H]2CCCN2C1=O. The highest BCUT2D eigenvalue weighted by Gasteiger charge is 2.40. The van der Waals surface area contributed by atoms with E-state index in [1.54, 1.807) is 40.1 Å². The number of hydrogen-bond donors (Lipinski definition) is 4. The summed E-state index contributed by atoms with van der Waals surface area (Å²) in [7, 11) is 3.40. The van der Waals surface area contributed by atoms with Gasteiger partial charge in [-0.1, -0.05) is 12.8 Å². The number of nitrogens with zero attached hydrogens (tertiary/aromatic N) is 4. The van der Waals surface area contributed by atoms with Crippen LogP contribution < -0.4 is 21.3 Å². The Balaban J connectivity index is 1.29. The van der Waals surface area contributed by atoms with Gasteiger partial charge in [0.15, 0.2) is 0 Å². The van der Waals surface area contributed by atoms with Crippen LogP contribution in [-0.4, -0.2) is 106 Å². The Morgan fingerprint density at radius 3 is 1.43 bits per heavy atom. The molecule has 0 radical (unpaired) electrons. The number of carbonyl (C=O) groups is 4. The van der Waals surface area contributed by atoms with Gasteiger partial charge in [0.1, 0.15) is 23.7 Å². The fraction of sp³-hybridized carbons (Fsp3) is 0.545. The average Bonchev–Trinajstić information content (AvgIpc) is 4.01. The molecule has 4 aliphatic rings. The maximum atomic E-state index is 15.1. The van der Waals surface area contributed by atoms with Crippen LogP contribution in [0.2, 0.25) is 0 Å². The van der Waals surface area contributed by atoms with E-state index in [1.807, 2.05) is 21.9 Å². The maximum absolute atomic E-state index is 15.1. The first-order valence-corrected chi connectivity index (χ1v) is 21.2. The third kappa shape index (κ3) is 7.27. The third-order valence-electron chi connectivity index (χ3n) is 13.4. The van der Waals surface area contributed by atoms with Crippen LogP contribution in [0, 0.1) is 11.6 Å². The van der Waals surface area contributed by atoms with E-state index in [9.17, 15) is 19.2 Å². The minimum atomic E-state index is -0.781. The molecule has 310 valence electrons. The number of aromatic nitrogens is 2. The number of fused-ring (bicyclic) bond motifs is 8. The van der Waals surface area contributed by atoms with Gasteiger partial charge < -0.3 is 40.2 Å². The molecule has 6 atom stereocenters. The Morgan fingerprint density at radius 2 is 1.03 bits per heavy atom. The van der Waals surface area contributed by atoms with Gasteiger partial charge in [-0.25, -0.2) is 8.78 Å². The quantitative estimate of drug-likeness (QED) is 0.229. The Labute approximate surface area is 338 Å². The molecule has 4 aromatic rings. The molecular formula is C44H56F2N8O4. The van der Waals surface area contributed by atoms with E-state index < -0.39 is 24.2 Å². The first-order chi connectivity index (χ1) is 28.0. The van der Waals surface area contributed by atoms with Crippen LogP contribution in [0.3, 0.4) is 0 Å². The summed E-state index contributed by atoms with van der Waals surface area (Å²) < 4.78 is 34.6. The number of amides is 4. The van der Waals surface area contributed by atoms with Crippen LogP contribution in [0.1, 0.15) is 76.3 Å². The van der Waals surface area contributed by atoms with Crippen molar-refractivity contribution < 1.29 is 28.0 Å². The summed E-state index contributed by atoms with van der Waals surface area (Å²) in [5, 5.41) is 13.9. The molecule has 0 spiro atoms. The molecule has 0 unspecified atom stereocenters. The molecule has 0 bridgehead atoms. The molecular weight excluding hydrogens is 743 g/mol. The molecule has 2 saturated heterocycles. The van der Waals surface area contributed by atoms with E-state index in [2.05, 4.69) is 30.4 Å². The molecule has 2 aromatic carbocycles. The van der Waals surface area contributed by atoms with Crippen LogP contribution in [-0.2, 0) is 45.1 Å². The second kappa shape index (κ2) is 16.4. The zero-order chi connectivity index (χ0) is 40.8. The number of carbonyl (C=O) groups excluding carboxylic acids is 4. The Hall–Kier alpha value is -4.82. The fourth-order valence-corrected chi connectivity index (χ4v) is 10.0. The highest BCUT2D eigenvalue weighted by molar-refractivity contribution is 5.98. The number of rotatable bonds is 6. The van der Waals surface area contributed by atoms with Gasteiger partial charge in [-0.15, -0.1) is 0 Å². The summed E-state index contributed by atoms with van der Waals surface area (Å²) in [6, 6.07) is 6.92. The van der Waals surface area contributed by atoms with E-state index in [0.29, 0.717) is 64.7 Å². The average molecular weight is 799 g/mol. The van der Waals surface area contributed by atoms with Crippen molar-refractivity contribution in [2.75, 3.05) is 27.2 Å². The van der Waals surface area contributed by atoms with Crippen LogP contribution in [0.15, 0.2) is 36.4 Å². The number of nitrogens with one attached hydrogen (secondary N) is 4. The molecule has 4 amide bonds. The molecule has 12 nitrogen and oxygen atoms in total. The van der Waals surface area contributed by atoms with Crippen LogP contribution >= 0.6 is 0 Å². The van der Waals surface area contributed by atoms with Gasteiger partial charge in [0.05, 0.1) is 34.5 Å². The summed E-state index contributed by atoms with van der Waals surface area (Å²) in [6.45, 7) is 5.70. The molecule has 4 N–H and O–H groups in total. The van der Waals surface area contributed by atoms with E-state index >= 15 is 8.78 Å². The van der Waals surface area contributed by atoms with E-state index in [0.717, 1.165) is 70.0 Å². The van der Waals surface area contributed by atoms with Crippen molar-refractivity contribution in [1.82, 2.24) is 40.2 Å². The van der Waals surface area contributed by atoms with E-state index in [4.69, 9.17) is 0 Å². The Kier molecular flexibility index (Phi) is 11.3. The first-order valence-electron chi connectivity index (χ1n) is 21.2. The lowest BCUT2D eigenvalue weighted by Crippen LogP contribution is -2.54. The van der Waals surface area contributed by atoms with Gasteiger partial charge in [0.2, 0.25) is 23.6 Å². The van der Waals surface area contributed by atoms with Crippen LogP contribution in [0.25, 0.3) is 33.2 Å². The van der Waals surface area contributed by atoms with Gasteiger partial charge in [-0.3, -0.25) is 19.2 Å². The van der Waals surface area contributed by atoms with Crippen molar-refractivity contribution in [3.05, 3.63) is 59.2 Å². The smallest absolute Gasteiger partial charge is 0.245 e. The van der Waals surface area contributed by atoms with Crippen molar-refractivity contribution in [3.8, 4) is 11.4 Å². The zero-order valence-electron chi connectivity index (χ0n) is 34.0. The normalized spacial score (nSPS) is 23.9. The maximum Gasteiger partial charge on any atom is 0.245 e. The predicted molar refractivity (Wildman–Crippen MR) is 219 cm³/mol. The summed E-state index contributed by atoms with van der Waals surface area (Å²) in [6.07, 6.45) is 6.09. The molecule has 6 heterocycles. The number of hydrogen-bond acceptors (Lipinski definition) is 6. The minimum absolute atomic E-state index is 0.141. The topological polar surface area (TPSA) is 133 Å². The largest absolute Gasteiger partial charge is 0.343 e. The first kappa shape index (κ1) is 40.0. The predicted octanol–water partition coefficient (Wildman–Crippen LogP) is 4.38. The number of halogens is 2. The van der Waals surface area contributed by atoms with Crippen molar-refractivity contribution in [2.24, 2.45) is 0 Å². The monoisotopic (exact) mass is 798 g/mol. The summed E-state index contributed by atoms with van der Waals surface area (Å²) >= 11 is 0. The number of aryl methyl sites for hydroxylation is 2. The molecule has 8 rings (SSSR count). The van der Waals surface area contributed by atoms with Crippen molar-refractivity contribution in [3.63, 3.8) is 0 Å². The lowest BCUT2D eigenvalue weighted by Gasteiger charge is -2.32. The van der Waals surface area contributed by atoms with E-state index in [-0.39, 0.29) is 47.3 Å². The summed E-state index contributed by atoms with van der Waals surface area (Å²) in [4.78, 5) is 59.8. The van der Waals surface area contributed by atoms with Crippen LogP contribution in [0.4, 0.5) is 8.78 Å². The lowest BCUT2D eigenvalue weighted by atomic mass is 9.94. The highest BCUT2D eigenvalue weighted by atomic mass is 19.1. The van der Waals surface area contributed by atoms with Crippen LogP contribution in [0.5, 0.6) is 0 Å². The third-order valence-corrected chi connectivity index (χ3v) is 13.4. The van der Waals surface area contributed by atoms with Gasteiger partial charge in [-0.2, -0.15) is 0 Å². The molecule has 0 saturated carbocycles. The second-order valence-corrected chi connectivity index (χ2v) is 16.8. The zero-order valence-corrected chi connectivity index (χ0v) is 34.0. The van der Waals surface area contributed by atoms with Gasteiger partial charge in [0.25, 0.3) is 0 Å². The standard InChI is InChI=1S/C44H56F2N8O4/c1-25(47-3)41(55)49-35-11-5-6-12-36(50-42(56)26(2)48-4)44(58)52-18-8-10-30(52)24-34-32-16-14-28(46)22-38(32)54-20-19-53-37-21-27(45)13-15-31(37)33(39(53)40(34)54)23-29-9-7-17-51(29)43(35)57/h13-16,21-22,25-26,29-30,35-36,47-48H,5-12,17-20,23-24H2,1-4H3,(H,49,55)(H,50,56)/t25-,26-,29-,30-,35-,36-/m0/s1. The molecule has 58 heavy (non-hydrogen) atoms. The van der Waals surface area contributed by atoms with Crippen molar-refractivity contribution in [2.45, 2.75) is 127 Å². The highest BCUT2D eigenvalue weighted by Crippen LogP contribution is 2.45.